The quantitative estimate of drug-likeness (QED) is 0.793. The van der Waals surface area contributed by atoms with Gasteiger partial charge in [0.25, 0.3) is 0 Å². The molecular formula is C14H30N2. The second kappa shape index (κ2) is 5.50. The third-order valence-electron chi connectivity index (χ3n) is 4.25. The summed E-state index contributed by atoms with van der Waals surface area (Å²) in [4.78, 5) is 2.73. The van der Waals surface area contributed by atoms with Crippen molar-refractivity contribution in [2.45, 2.75) is 72.0 Å². The van der Waals surface area contributed by atoms with Crippen molar-refractivity contribution in [1.29, 1.82) is 0 Å². The first-order valence-electron chi connectivity index (χ1n) is 6.92. The molecule has 0 bridgehead atoms. The highest BCUT2D eigenvalue weighted by Crippen LogP contribution is 2.25. The van der Waals surface area contributed by atoms with Crippen molar-refractivity contribution in [1.82, 2.24) is 10.2 Å². The van der Waals surface area contributed by atoms with E-state index in [0.29, 0.717) is 12.1 Å². The Bertz CT molecular complexity index is 213. The molecule has 1 N–H and O–H groups in total. The summed E-state index contributed by atoms with van der Waals surface area (Å²) in [5.41, 5.74) is 0.271. The molecule has 1 heterocycles. The molecule has 2 heteroatoms. The highest BCUT2D eigenvalue weighted by atomic mass is 15.3. The van der Waals surface area contributed by atoms with Crippen molar-refractivity contribution in [3.63, 3.8) is 0 Å². The van der Waals surface area contributed by atoms with Crippen LogP contribution in [0.5, 0.6) is 0 Å². The Hall–Kier alpha value is -0.0800. The number of hydrogen-bond acceptors (Lipinski definition) is 2. The first kappa shape index (κ1) is 14.0. The van der Waals surface area contributed by atoms with Gasteiger partial charge in [0.05, 0.1) is 0 Å². The van der Waals surface area contributed by atoms with Gasteiger partial charge in [0.1, 0.15) is 0 Å². The topological polar surface area (TPSA) is 15.3 Å². The van der Waals surface area contributed by atoms with Gasteiger partial charge in [0.2, 0.25) is 0 Å². The standard InChI is InChI=1S/C14H30N2/c1-7-11(3)13-9-15-14(5,6)10-16(13)12(4)8-2/h11-13,15H,7-10H2,1-6H3. The summed E-state index contributed by atoms with van der Waals surface area (Å²) >= 11 is 0. The Morgan fingerprint density at radius 3 is 2.38 bits per heavy atom. The zero-order valence-corrected chi connectivity index (χ0v) is 12.0. The van der Waals surface area contributed by atoms with Gasteiger partial charge in [0, 0.05) is 30.7 Å². The monoisotopic (exact) mass is 226 g/mol. The van der Waals surface area contributed by atoms with Gasteiger partial charge in [-0.2, -0.15) is 0 Å². The Morgan fingerprint density at radius 2 is 1.88 bits per heavy atom. The number of hydrogen-bond donors (Lipinski definition) is 1. The molecule has 3 atom stereocenters. The van der Waals surface area contributed by atoms with E-state index in [0.717, 1.165) is 12.5 Å². The van der Waals surface area contributed by atoms with Crippen LogP contribution in [0.2, 0.25) is 0 Å². The zero-order valence-electron chi connectivity index (χ0n) is 12.0. The smallest absolute Gasteiger partial charge is 0.0253 e. The number of rotatable bonds is 4. The van der Waals surface area contributed by atoms with Crippen LogP contribution in [0.25, 0.3) is 0 Å². The molecule has 1 aliphatic rings. The van der Waals surface area contributed by atoms with E-state index >= 15 is 0 Å². The summed E-state index contributed by atoms with van der Waals surface area (Å²) in [7, 11) is 0. The largest absolute Gasteiger partial charge is 0.309 e. The average Bonchev–Trinajstić information content (AvgIpc) is 2.25. The second-order valence-electron chi connectivity index (χ2n) is 6.15. The van der Waals surface area contributed by atoms with Crippen LogP contribution in [0.1, 0.15) is 54.4 Å². The predicted octanol–water partition coefficient (Wildman–Crippen LogP) is 2.88. The molecule has 0 spiro atoms. The van der Waals surface area contributed by atoms with Gasteiger partial charge < -0.3 is 5.32 Å². The first-order chi connectivity index (χ1) is 7.41. The summed E-state index contributed by atoms with van der Waals surface area (Å²) in [6.45, 7) is 16.3. The number of nitrogens with zero attached hydrogens (tertiary/aromatic N) is 1. The maximum Gasteiger partial charge on any atom is 0.0253 e. The van der Waals surface area contributed by atoms with Crippen molar-refractivity contribution in [2.75, 3.05) is 13.1 Å². The van der Waals surface area contributed by atoms with Crippen molar-refractivity contribution in [2.24, 2.45) is 5.92 Å². The fourth-order valence-corrected chi connectivity index (χ4v) is 2.65. The highest BCUT2D eigenvalue weighted by molar-refractivity contribution is 4.95. The molecule has 0 aromatic carbocycles. The molecule has 1 fully saturated rings. The summed E-state index contributed by atoms with van der Waals surface area (Å²) in [6.07, 6.45) is 2.53. The Labute approximate surface area is 102 Å². The lowest BCUT2D eigenvalue weighted by atomic mass is 9.89. The summed E-state index contributed by atoms with van der Waals surface area (Å²) in [6, 6.07) is 1.42. The lowest BCUT2D eigenvalue weighted by molar-refractivity contribution is 0.0316. The van der Waals surface area contributed by atoms with Gasteiger partial charge >= 0.3 is 0 Å². The first-order valence-corrected chi connectivity index (χ1v) is 6.92. The van der Waals surface area contributed by atoms with E-state index in [2.05, 4.69) is 51.8 Å². The van der Waals surface area contributed by atoms with Crippen LogP contribution in [0.4, 0.5) is 0 Å². The minimum Gasteiger partial charge on any atom is -0.309 e. The van der Waals surface area contributed by atoms with Gasteiger partial charge in [-0.25, -0.2) is 0 Å². The average molecular weight is 226 g/mol. The van der Waals surface area contributed by atoms with Crippen LogP contribution in [0.3, 0.4) is 0 Å². The van der Waals surface area contributed by atoms with E-state index in [4.69, 9.17) is 0 Å². The van der Waals surface area contributed by atoms with Crippen molar-refractivity contribution in [3.05, 3.63) is 0 Å². The summed E-state index contributed by atoms with van der Waals surface area (Å²) in [5, 5.41) is 3.69. The van der Waals surface area contributed by atoms with Crippen LogP contribution >= 0.6 is 0 Å². The molecule has 0 aromatic heterocycles. The van der Waals surface area contributed by atoms with Crippen molar-refractivity contribution >= 4 is 0 Å². The molecule has 0 aromatic rings. The Balaban J connectivity index is 2.75. The lowest BCUT2D eigenvalue weighted by Gasteiger charge is -2.49. The van der Waals surface area contributed by atoms with E-state index < -0.39 is 0 Å². The molecule has 1 aliphatic heterocycles. The van der Waals surface area contributed by atoms with E-state index in [9.17, 15) is 0 Å². The molecule has 0 amide bonds. The van der Waals surface area contributed by atoms with Gasteiger partial charge in [-0.05, 0) is 33.1 Å². The van der Waals surface area contributed by atoms with Crippen LogP contribution in [-0.2, 0) is 0 Å². The van der Waals surface area contributed by atoms with Gasteiger partial charge in [0.15, 0.2) is 0 Å². The molecule has 0 saturated carbocycles. The van der Waals surface area contributed by atoms with E-state index in [1.165, 1.54) is 19.4 Å². The maximum atomic E-state index is 3.69. The second-order valence-corrected chi connectivity index (χ2v) is 6.15. The minimum absolute atomic E-state index is 0.271. The molecular weight excluding hydrogens is 196 g/mol. The third-order valence-corrected chi connectivity index (χ3v) is 4.25. The van der Waals surface area contributed by atoms with Crippen LogP contribution in [-0.4, -0.2) is 35.6 Å². The minimum atomic E-state index is 0.271. The normalized spacial score (nSPS) is 30.0. The van der Waals surface area contributed by atoms with E-state index in [1.54, 1.807) is 0 Å². The van der Waals surface area contributed by atoms with Crippen LogP contribution < -0.4 is 5.32 Å². The van der Waals surface area contributed by atoms with Crippen LogP contribution in [0.15, 0.2) is 0 Å². The molecule has 16 heavy (non-hydrogen) atoms. The predicted molar refractivity (Wildman–Crippen MR) is 71.8 cm³/mol. The fourth-order valence-electron chi connectivity index (χ4n) is 2.65. The molecule has 0 radical (unpaired) electrons. The van der Waals surface area contributed by atoms with E-state index in [1.807, 2.05) is 0 Å². The van der Waals surface area contributed by atoms with Crippen molar-refractivity contribution in [3.8, 4) is 0 Å². The molecule has 0 aliphatic carbocycles. The lowest BCUT2D eigenvalue weighted by Crippen LogP contribution is -2.64. The molecule has 96 valence electrons. The van der Waals surface area contributed by atoms with Gasteiger partial charge in [-0.3, -0.25) is 4.90 Å². The van der Waals surface area contributed by atoms with Gasteiger partial charge in [-0.1, -0.05) is 27.2 Å². The SMILES string of the molecule is CCC(C)C1CNC(C)(C)CN1C(C)CC. The number of piperazine rings is 1. The van der Waals surface area contributed by atoms with Crippen molar-refractivity contribution < 1.29 is 0 Å². The Kier molecular flexibility index (Phi) is 4.81. The summed E-state index contributed by atoms with van der Waals surface area (Å²) in [5.74, 6) is 0.789. The highest BCUT2D eigenvalue weighted by Gasteiger charge is 2.36. The zero-order chi connectivity index (χ0) is 12.3. The van der Waals surface area contributed by atoms with Crippen LogP contribution in [0, 0.1) is 5.92 Å². The molecule has 2 nitrogen and oxygen atoms in total. The molecule has 1 rings (SSSR count). The summed E-state index contributed by atoms with van der Waals surface area (Å²) < 4.78 is 0. The Morgan fingerprint density at radius 1 is 1.25 bits per heavy atom. The molecule has 1 saturated heterocycles. The van der Waals surface area contributed by atoms with Gasteiger partial charge in [-0.15, -0.1) is 0 Å². The molecule has 3 unspecified atom stereocenters. The third kappa shape index (κ3) is 3.21. The van der Waals surface area contributed by atoms with E-state index in [-0.39, 0.29) is 5.54 Å². The maximum absolute atomic E-state index is 3.69. The number of nitrogens with one attached hydrogen (secondary N) is 1. The fraction of sp³-hybridized carbons (Fsp3) is 1.00.